The van der Waals surface area contributed by atoms with Gasteiger partial charge in [0, 0.05) is 31.1 Å². The molecule has 468 valence electrons. The molecule has 0 radical (unpaired) electrons. The summed E-state index contributed by atoms with van der Waals surface area (Å²) in [6.45, 7) is 0. The Hall–Kier alpha value is -7.71. The number of rotatable bonds is 12. The van der Waals surface area contributed by atoms with Crippen LogP contribution in [0, 0.1) is 0 Å². The van der Waals surface area contributed by atoms with E-state index in [1.165, 1.54) is 0 Å². The first-order valence-electron chi connectivity index (χ1n) is 31.4. The van der Waals surface area contributed by atoms with Crippen molar-refractivity contribution in [3.8, 4) is 0 Å². The van der Waals surface area contributed by atoms with Crippen molar-refractivity contribution in [1.29, 1.82) is 0 Å². The van der Waals surface area contributed by atoms with E-state index in [9.17, 15) is 0 Å². The zero-order valence-electron chi connectivity index (χ0n) is 51.1. The van der Waals surface area contributed by atoms with Gasteiger partial charge in [0.2, 0.25) is 0 Å². The lowest BCUT2D eigenvalue weighted by Gasteiger charge is -2.58. The summed E-state index contributed by atoms with van der Waals surface area (Å²) in [5.74, 6) is 0. The standard InChI is InChI=1S/C72H62O13Si10/c1-13-37-61(38-14-1)86-73-88(63-41-17-3-18-42-63,64-43-19-4-20-44-64)77-93(70-55-31-10-32-56-70)81-92(69-53-29-9-30-54-69)76-87(62-39-15-2-16-40-62)75-90(67-49-25-7-26-50-67)78-89(65-45-21-5-22-46-65,66-47-23-6-24-48-66)79-94(82-92,71-57-33-11-34-58-71)85-95(84-93,72-59-35-12-36-60-72)83-91(74-86,80-90)68-51-27-8-28-52-68/h1-60,86-87H. The van der Waals surface area contributed by atoms with Crippen LogP contribution in [0.4, 0.5) is 0 Å². The second-order valence-electron chi connectivity index (χ2n) is 23.1. The number of hydrogen-bond donors (Lipinski definition) is 0. The lowest BCUT2D eigenvalue weighted by atomic mass is 10.4. The van der Waals surface area contributed by atoms with Gasteiger partial charge in [-0.3, -0.25) is 0 Å². The minimum absolute atomic E-state index is 0.496. The van der Waals surface area contributed by atoms with E-state index in [4.69, 9.17) is 53.5 Å². The molecule has 6 bridgehead atoms. The molecule has 0 N–H and O–H groups in total. The molecule has 4 aliphatic heterocycles. The van der Waals surface area contributed by atoms with Crippen LogP contribution in [0.2, 0.25) is 0 Å². The first-order valence-corrected chi connectivity index (χ1v) is 48.5. The first kappa shape index (κ1) is 62.1. The fourth-order valence-electron chi connectivity index (χ4n) is 12.6. The zero-order chi connectivity index (χ0) is 63.7. The monoisotopic (exact) mass is 1410 g/mol. The maximum atomic E-state index is 8.91. The van der Waals surface area contributed by atoms with Crippen LogP contribution in [0.1, 0.15) is 0 Å². The SMILES string of the molecule is c1ccc([SiH]2O[Si]3(c4ccccc4)O[Si]4(c5ccccc5)O[Si]5(c6ccccc6)O[Si](c6ccccc6)(O[SiH](c6ccccc6)O[Si](c6ccccc6)(c6ccccc6)O4)O[Si](c4ccccc4)(O2)O[Si](c2ccccc2)(c2ccccc2)O[Si](c2ccccc2)(O3)O5)cc1. The number of hydrogen-bond acceptors (Lipinski definition) is 13. The Labute approximate surface area is 564 Å². The summed E-state index contributed by atoms with van der Waals surface area (Å²) in [6, 6.07) is 120. The van der Waals surface area contributed by atoms with Gasteiger partial charge in [-0.05, 0) is 31.1 Å². The Bertz CT molecular complexity index is 4410. The molecule has 13 nitrogen and oxygen atoms in total. The van der Waals surface area contributed by atoms with E-state index in [0.29, 0.717) is 46.7 Å². The highest BCUT2D eigenvalue weighted by Crippen LogP contribution is 2.43. The zero-order valence-corrected chi connectivity index (χ0v) is 61.4. The lowest BCUT2D eigenvalue weighted by molar-refractivity contribution is 0.0637. The maximum absolute atomic E-state index is 8.91. The first-order chi connectivity index (χ1) is 46.8. The van der Waals surface area contributed by atoms with Gasteiger partial charge >= 0.3 is 88.5 Å². The molecule has 95 heavy (non-hydrogen) atoms. The average Bonchev–Trinajstić information content (AvgIpc) is 0.687. The fourth-order valence-corrected chi connectivity index (χ4v) is 65.5. The van der Waals surface area contributed by atoms with Crippen LogP contribution in [0.25, 0.3) is 0 Å². The summed E-state index contributed by atoms with van der Waals surface area (Å²) >= 11 is 0. The molecule has 12 aromatic rings. The van der Waals surface area contributed by atoms with Crippen molar-refractivity contribution in [3.63, 3.8) is 0 Å². The molecule has 4 fully saturated rings. The third-order valence-corrected chi connectivity index (χ3v) is 57.6. The second kappa shape index (κ2) is 26.0. The van der Waals surface area contributed by atoms with Gasteiger partial charge in [0.15, 0.2) is 0 Å². The molecule has 16 rings (SSSR count). The van der Waals surface area contributed by atoms with Crippen molar-refractivity contribution in [3.05, 3.63) is 364 Å². The summed E-state index contributed by atoms with van der Waals surface area (Å²) in [6.07, 6.45) is 0. The predicted molar refractivity (Wildman–Crippen MR) is 387 cm³/mol. The Kier molecular flexibility index (Phi) is 17.0. The van der Waals surface area contributed by atoms with Gasteiger partial charge in [-0.25, -0.2) is 0 Å². The Morgan fingerprint density at radius 1 is 0.147 bits per heavy atom. The van der Waals surface area contributed by atoms with Crippen LogP contribution in [0.3, 0.4) is 0 Å². The molecule has 0 spiro atoms. The van der Waals surface area contributed by atoms with E-state index < -0.39 is 88.5 Å². The summed E-state index contributed by atoms with van der Waals surface area (Å²) < 4.78 is 114. The Balaban J connectivity index is 1.18. The minimum Gasteiger partial charge on any atom is -0.408 e. The molecule has 8 atom stereocenters. The summed E-state index contributed by atoms with van der Waals surface area (Å²) in [5.41, 5.74) is 0. The summed E-state index contributed by atoms with van der Waals surface area (Å²) in [5, 5.41) is 7.52. The largest absolute Gasteiger partial charge is 0.515 e. The van der Waals surface area contributed by atoms with Gasteiger partial charge in [0.05, 0.1) is 0 Å². The third kappa shape index (κ3) is 11.6. The number of benzene rings is 12. The highest BCUT2D eigenvalue weighted by Gasteiger charge is 2.79. The molecule has 4 heterocycles. The van der Waals surface area contributed by atoms with E-state index in [-0.39, 0.29) is 0 Å². The van der Waals surface area contributed by atoms with Gasteiger partial charge in [-0.15, -0.1) is 0 Å². The van der Waals surface area contributed by atoms with Gasteiger partial charge in [0.1, 0.15) is 0 Å². The maximum Gasteiger partial charge on any atom is 0.515 e. The normalized spacial score (nSPS) is 27.0. The van der Waals surface area contributed by atoms with Gasteiger partial charge in [-0.1, -0.05) is 364 Å². The minimum atomic E-state index is -5.37. The highest BCUT2D eigenvalue weighted by atomic mass is 28.6. The van der Waals surface area contributed by atoms with Crippen LogP contribution < -0.4 is 62.2 Å². The van der Waals surface area contributed by atoms with Gasteiger partial charge in [0.25, 0.3) is 0 Å². The molecule has 0 aliphatic carbocycles. The van der Waals surface area contributed by atoms with E-state index in [1.807, 2.05) is 328 Å². The average molecular weight is 1420 g/mol. The summed E-state index contributed by atoms with van der Waals surface area (Å²) in [4.78, 5) is 0. The quantitative estimate of drug-likeness (QED) is 0.151. The topological polar surface area (TPSA) is 120 Å². The van der Waals surface area contributed by atoms with Crippen molar-refractivity contribution >= 4 is 151 Å². The second-order valence-corrected chi connectivity index (χ2v) is 51.8. The summed E-state index contributed by atoms with van der Waals surface area (Å²) in [7, 11) is -48.5. The molecular formula is C72H62O13Si10. The van der Waals surface area contributed by atoms with E-state index in [1.54, 1.807) is 0 Å². The number of fused-ring (bicyclic) bond motifs is 6. The van der Waals surface area contributed by atoms with Crippen molar-refractivity contribution in [1.82, 2.24) is 0 Å². The molecular weight excluding hydrogens is 1350 g/mol. The molecule has 23 heteroatoms. The fraction of sp³-hybridized carbons (Fsp3) is 0. The van der Waals surface area contributed by atoms with Crippen LogP contribution in [-0.4, -0.2) is 88.5 Å². The van der Waals surface area contributed by atoms with Crippen molar-refractivity contribution < 1.29 is 53.5 Å². The van der Waals surface area contributed by atoms with Gasteiger partial charge in [-0.2, -0.15) is 0 Å². The van der Waals surface area contributed by atoms with Crippen molar-refractivity contribution in [2.45, 2.75) is 0 Å². The van der Waals surface area contributed by atoms with Crippen LogP contribution >= 0.6 is 0 Å². The lowest BCUT2D eigenvalue weighted by Crippen LogP contribution is -2.91. The Morgan fingerprint density at radius 3 is 0.600 bits per heavy atom. The highest BCUT2D eigenvalue weighted by molar-refractivity contribution is 7.13. The molecule has 8 unspecified atom stereocenters. The Morgan fingerprint density at radius 2 is 0.316 bits per heavy atom. The molecule has 4 aliphatic rings. The van der Waals surface area contributed by atoms with Gasteiger partial charge < -0.3 is 53.5 Å². The van der Waals surface area contributed by atoms with E-state index in [0.717, 1.165) is 15.6 Å². The van der Waals surface area contributed by atoms with Crippen LogP contribution in [0.15, 0.2) is 364 Å². The predicted octanol–water partition coefficient (Wildman–Crippen LogP) is 5.10. The van der Waals surface area contributed by atoms with Crippen molar-refractivity contribution in [2.75, 3.05) is 0 Å². The molecule has 0 aromatic heterocycles. The van der Waals surface area contributed by atoms with E-state index >= 15 is 0 Å². The van der Waals surface area contributed by atoms with Crippen molar-refractivity contribution in [2.24, 2.45) is 0 Å². The smallest absolute Gasteiger partial charge is 0.408 e. The molecule has 12 aromatic carbocycles. The third-order valence-electron chi connectivity index (χ3n) is 17.0. The van der Waals surface area contributed by atoms with Crippen LogP contribution in [0.5, 0.6) is 0 Å². The molecule has 0 saturated carbocycles. The van der Waals surface area contributed by atoms with Crippen LogP contribution in [-0.2, 0) is 53.5 Å². The molecule has 4 saturated heterocycles. The molecule has 0 amide bonds. The van der Waals surface area contributed by atoms with E-state index in [2.05, 4.69) is 36.4 Å².